The SMILES string of the molecule is Nc1cc(C(F)F)nc(Cl)c1C(F)(F)F. The topological polar surface area (TPSA) is 38.9 Å². The Morgan fingerprint density at radius 3 is 2.20 bits per heavy atom. The third-order valence-corrected chi connectivity index (χ3v) is 1.81. The Hall–Kier alpha value is -1.11. The van der Waals surface area contributed by atoms with E-state index in [9.17, 15) is 22.0 Å². The number of hydrogen-bond acceptors (Lipinski definition) is 2. The molecule has 1 aromatic heterocycles. The maximum atomic E-state index is 12.3. The third-order valence-electron chi connectivity index (χ3n) is 1.53. The van der Waals surface area contributed by atoms with Gasteiger partial charge in [-0.1, -0.05) is 11.6 Å². The molecule has 0 saturated carbocycles. The number of aromatic nitrogens is 1. The summed E-state index contributed by atoms with van der Waals surface area (Å²) in [5.41, 5.74) is 1.83. The monoisotopic (exact) mass is 246 g/mol. The molecule has 8 heteroatoms. The van der Waals surface area contributed by atoms with Gasteiger partial charge in [-0.3, -0.25) is 0 Å². The molecule has 0 unspecified atom stereocenters. The Morgan fingerprint density at radius 2 is 1.87 bits per heavy atom. The van der Waals surface area contributed by atoms with Crippen LogP contribution in [0, 0.1) is 0 Å². The van der Waals surface area contributed by atoms with Gasteiger partial charge in [0.2, 0.25) is 0 Å². The lowest BCUT2D eigenvalue weighted by molar-refractivity contribution is -0.137. The van der Waals surface area contributed by atoms with Crippen molar-refractivity contribution in [3.63, 3.8) is 0 Å². The lowest BCUT2D eigenvalue weighted by Crippen LogP contribution is -2.12. The van der Waals surface area contributed by atoms with Crippen molar-refractivity contribution in [2.75, 3.05) is 5.73 Å². The van der Waals surface area contributed by atoms with Crippen LogP contribution in [0.5, 0.6) is 0 Å². The van der Waals surface area contributed by atoms with Crippen molar-refractivity contribution in [2.24, 2.45) is 0 Å². The van der Waals surface area contributed by atoms with E-state index in [0.29, 0.717) is 6.07 Å². The van der Waals surface area contributed by atoms with Crippen molar-refractivity contribution in [1.29, 1.82) is 0 Å². The molecule has 0 saturated heterocycles. The van der Waals surface area contributed by atoms with Gasteiger partial charge in [0.05, 0.1) is 0 Å². The van der Waals surface area contributed by atoms with E-state index >= 15 is 0 Å². The van der Waals surface area contributed by atoms with Crippen molar-refractivity contribution in [3.8, 4) is 0 Å². The molecule has 2 N–H and O–H groups in total. The maximum Gasteiger partial charge on any atom is 0.421 e. The standard InChI is InChI=1S/C7H4ClF5N2/c8-5-4(7(11,12)13)2(14)1-3(15-5)6(9)10/h1,6H,(H2,14,15). The smallest absolute Gasteiger partial charge is 0.398 e. The summed E-state index contributed by atoms with van der Waals surface area (Å²) in [6, 6.07) is 0.458. The average molecular weight is 247 g/mol. The summed E-state index contributed by atoms with van der Waals surface area (Å²) in [5.74, 6) is 0. The molecule has 0 fully saturated rings. The van der Waals surface area contributed by atoms with Crippen LogP contribution >= 0.6 is 11.6 Å². The summed E-state index contributed by atoms with van der Waals surface area (Å²) in [6.45, 7) is 0. The quantitative estimate of drug-likeness (QED) is 0.610. The van der Waals surface area contributed by atoms with Crippen LogP contribution in [0.1, 0.15) is 17.7 Å². The van der Waals surface area contributed by atoms with Crippen molar-refractivity contribution in [3.05, 3.63) is 22.5 Å². The van der Waals surface area contributed by atoms with Gasteiger partial charge in [0.1, 0.15) is 16.4 Å². The Kier molecular flexibility index (Phi) is 3.03. The first-order valence-corrected chi connectivity index (χ1v) is 3.92. The lowest BCUT2D eigenvalue weighted by Gasteiger charge is -2.12. The molecule has 1 aromatic rings. The summed E-state index contributed by atoms with van der Waals surface area (Å²) in [7, 11) is 0. The molecule has 0 aliphatic heterocycles. The second kappa shape index (κ2) is 3.80. The zero-order valence-corrected chi connectivity index (χ0v) is 7.70. The summed E-state index contributed by atoms with van der Waals surface area (Å²) < 4.78 is 60.9. The van der Waals surface area contributed by atoms with E-state index in [1.807, 2.05) is 0 Å². The molecule has 0 atom stereocenters. The van der Waals surface area contributed by atoms with E-state index < -0.39 is 34.7 Å². The Labute approximate surface area is 85.9 Å². The van der Waals surface area contributed by atoms with E-state index in [1.165, 1.54) is 0 Å². The van der Waals surface area contributed by atoms with E-state index in [4.69, 9.17) is 17.3 Å². The predicted octanol–water partition coefficient (Wildman–Crippen LogP) is 3.27. The Bertz CT molecular complexity index is 353. The highest BCUT2D eigenvalue weighted by atomic mass is 35.5. The van der Waals surface area contributed by atoms with Crippen LogP contribution in [0.15, 0.2) is 6.07 Å². The summed E-state index contributed by atoms with van der Waals surface area (Å²) in [6.07, 6.45) is -7.83. The number of nitrogen functional groups attached to an aromatic ring is 1. The van der Waals surface area contributed by atoms with E-state index in [0.717, 1.165) is 0 Å². The predicted molar refractivity (Wildman–Crippen MR) is 43.6 cm³/mol. The highest BCUT2D eigenvalue weighted by Gasteiger charge is 2.37. The number of hydrogen-bond donors (Lipinski definition) is 1. The first-order valence-electron chi connectivity index (χ1n) is 3.54. The highest BCUT2D eigenvalue weighted by molar-refractivity contribution is 6.30. The molecule has 0 bridgehead atoms. The number of pyridine rings is 1. The molecule has 0 aliphatic rings. The van der Waals surface area contributed by atoms with Gasteiger partial charge in [0.25, 0.3) is 6.43 Å². The van der Waals surface area contributed by atoms with Gasteiger partial charge in [-0.25, -0.2) is 13.8 Å². The zero-order valence-electron chi connectivity index (χ0n) is 6.95. The minimum absolute atomic E-state index is 0.458. The molecule has 2 nitrogen and oxygen atoms in total. The van der Waals surface area contributed by atoms with E-state index in [2.05, 4.69) is 4.98 Å². The van der Waals surface area contributed by atoms with Crippen LogP contribution < -0.4 is 5.73 Å². The maximum absolute atomic E-state index is 12.3. The van der Waals surface area contributed by atoms with Crippen LogP contribution in [0.25, 0.3) is 0 Å². The lowest BCUT2D eigenvalue weighted by atomic mass is 10.2. The van der Waals surface area contributed by atoms with Gasteiger partial charge in [-0.2, -0.15) is 13.2 Å². The van der Waals surface area contributed by atoms with Crippen LogP contribution in [0.3, 0.4) is 0 Å². The normalized spacial score (nSPS) is 12.2. The largest absolute Gasteiger partial charge is 0.421 e. The van der Waals surface area contributed by atoms with Gasteiger partial charge in [0, 0.05) is 5.69 Å². The van der Waals surface area contributed by atoms with Crippen molar-refractivity contribution in [1.82, 2.24) is 4.98 Å². The molecule has 0 radical (unpaired) electrons. The van der Waals surface area contributed by atoms with Crippen molar-refractivity contribution < 1.29 is 22.0 Å². The average Bonchev–Trinajstić information content (AvgIpc) is 1.99. The van der Waals surface area contributed by atoms with E-state index in [-0.39, 0.29) is 0 Å². The van der Waals surface area contributed by atoms with Gasteiger partial charge < -0.3 is 5.73 Å². The first-order chi connectivity index (χ1) is 6.73. The van der Waals surface area contributed by atoms with Crippen molar-refractivity contribution in [2.45, 2.75) is 12.6 Å². The fourth-order valence-corrected chi connectivity index (χ4v) is 1.26. The number of nitrogens with zero attached hydrogens (tertiary/aromatic N) is 1. The fraction of sp³-hybridized carbons (Fsp3) is 0.286. The fourth-order valence-electron chi connectivity index (χ4n) is 0.945. The van der Waals surface area contributed by atoms with Crippen molar-refractivity contribution >= 4 is 17.3 Å². The number of rotatable bonds is 1. The number of anilines is 1. The molecule has 84 valence electrons. The van der Waals surface area contributed by atoms with Gasteiger partial charge in [-0.05, 0) is 6.07 Å². The third kappa shape index (κ3) is 2.47. The molecule has 1 heterocycles. The molecule has 0 spiro atoms. The first kappa shape index (κ1) is 12.0. The number of halogens is 6. The number of nitrogens with two attached hydrogens (primary N) is 1. The second-order valence-electron chi connectivity index (χ2n) is 2.60. The molecule has 0 amide bonds. The Morgan fingerprint density at radius 1 is 1.33 bits per heavy atom. The summed E-state index contributed by atoms with van der Waals surface area (Å²) in [4.78, 5) is 2.92. The van der Waals surface area contributed by atoms with Crippen LogP contribution in [-0.2, 0) is 6.18 Å². The second-order valence-corrected chi connectivity index (χ2v) is 2.96. The highest BCUT2D eigenvalue weighted by Crippen LogP contribution is 2.38. The zero-order chi connectivity index (χ0) is 11.8. The minimum atomic E-state index is -4.81. The van der Waals surface area contributed by atoms with Gasteiger partial charge >= 0.3 is 6.18 Å². The minimum Gasteiger partial charge on any atom is -0.398 e. The molecular weight excluding hydrogens is 243 g/mol. The van der Waals surface area contributed by atoms with Gasteiger partial charge in [0.15, 0.2) is 0 Å². The molecule has 0 aliphatic carbocycles. The number of alkyl halides is 5. The Balaban J connectivity index is 3.34. The van der Waals surface area contributed by atoms with E-state index in [1.54, 1.807) is 0 Å². The molecular formula is C7H4ClF5N2. The molecule has 0 aromatic carbocycles. The molecule has 1 rings (SSSR count). The van der Waals surface area contributed by atoms with Crippen LogP contribution in [0.4, 0.5) is 27.6 Å². The summed E-state index contributed by atoms with van der Waals surface area (Å²) >= 11 is 5.12. The van der Waals surface area contributed by atoms with Crippen LogP contribution in [-0.4, -0.2) is 4.98 Å². The van der Waals surface area contributed by atoms with Gasteiger partial charge in [-0.15, -0.1) is 0 Å². The summed E-state index contributed by atoms with van der Waals surface area (Å²) in [5, 5.41) is -1.07. The van der Waals surface area contributed by atoms with Crippen LogP contribution in [0.2, 0.25) is 5.15 Å². The molecule has 15 heavy (non-hydrogen) atoms.